The van der Waals surface area contributed by atoms with E-state index in [1.807, 2.05) is 27.7 Å². The number of hydrogen-bond acceptors (Lipinski definition) is 26. The highest BCUT2D eigenvalue weighted by atomic mass is 31.2. The molecule has 86 heavy (non-hydrogen) atoms. The second kappa shape index (κ2) is 52.8. The maximum absolute atomic E-state index is 11.3. The summed E-state index contributed by atoms with van der Waals surface area (Å²) in [6.45, 7) is 42.4. The zero-order valence-corrected chi connectivity index (χ0v) is 56.1. The molecule has 28 nitrogen and oxygen atoms in total. The minimum absolute atomic E-state index is 0.104. The number of amides is 1. The summed E-state index contributed by atoms with van der Waals surface area (Å²) in [5.41, 5.74) is -0.565. The average molecular weight is 1270 g/mol. The molecule has 0 saturated carbocycles. The van der Waals surface area contributed by atoms with Gasteiger partial charge in [-0.3, -0.25) is 57.6 Å². The predicted molar refractivity (Wildman–Crippen MR) is 311 cm³/mol. The Labute approximate surface area is 509 Å². The molecule has 0 radical (unpaired) electrons. The van der Waals surface area contributed by atoms with Gasteiger partial charge in [0.1, 0.15) is 0 Å². The van der Waals surface area contributed by atoms with Crippen LogP contribution in [0, 0.1) is 52.8 Å². The van der Waals surface area contributed by atoms with E-state index in [0.29, 0.717) is 38.2 Å². The molecule has 504 valence electrons. The highest BCUT2D eigenvalue weighted by Gasteiger charge is 2.24. The molecule has 0 rings (SSSR count). The molecule has 0 heterocycles. The summed E-state index contributed by atoms with van der Waals surface area (Å²) in [5.74, 6) is -3.24. The average Bonchev–Trinajstić information content (AvgIpc) is 3.53. The normalized spacial score (nSPS) is 11.8. The first-order valence-electron chi connectivity index (χ1n) is 28.0. The van der Waals surface area contributed by atoms with E-state index in [0.717, 1.165) is 6.66 Å². The number of esters is 9. The van der Waals surface area contributed by atoms with Gasteiger partial charge in [0.15, 0.2) is 6.73 Å². The van der Waals surface area contributed by atoms with Gasteiger partial charge < -0.3 is 66.5 Å². The third-order valence-electron chi connectivity index (χ3n) is 9.33. The molecule has 0 fully saturated rings. The van der Waals surface area contributed by atoms with Crippen LogP contribution in [0.3, 0.4) is 0 Å². The molecular weight excluding hydrogens is 1160 g/mol. The van der Waals surface area contributed by atoms with Gasteiger partial charge in [0.2, 0.25) is 33.5 Å². The number of nitrogens with one attached hydrogen (secondary N) is 1. The van der Waals surface area contributed by atoms with Crippen molar-refractivity contribution >= 4 is 73.6 Å². The minimum atomic E-state index is -3.67. The minimum Gasteiger partial charge on any atom is -0.466 e. The molecule has 0 aliphatic carbocycles. The summed E-state index contributed by atoms with van der Waals surface area (Å²) in [6, 6.07) is 0. The largest absolute Gasteiger partial charge is 0.511 e. The van der Waals surface area contributed by atoms with Crippen LogP contribution in [0.25, 0.3) is 0 Å². The van der Waals surface area contributed by atoms with E-state index in [-0.39, 0.29) is 129 Å². The highest BCUT2D eigenvalue weighted by Crippen LogP contribution is 2.36. The van der Waals surface area contributed by atoms with Crippen molar-refractivity contribution in [3.63, 3.8) is 0 Å². The van der Waals surface area contributed by atoms with E-state index in [9.17, 15) is 57.3 Å². The Bertz CT molecular complexity index is 2020. The molecule has 0 aliphatic rings. The molecule has 29 heteroatoms. The van der Waals surface area contributed by atoms with Crippen molar-refractivity contribution in [2.24, 2.45) is 52.8 Å². The van der Waals surface area contributed by atoms with Crippen LogP contribution in [0.5, 0.6) is 0 Å². The molecule has 2 unspecified atom stereocenters. The summed E-state index contributed by atoms with van der Waals surface area (Å²) < 4.78 is 76.2. The summed E-state index contributed by atoms with van der Waals surface area (Å²) >= 11 is 0. The van der Waals surface area contributed by atoms with Gasteiger partial charge in [-0.1, -0.05) is 124 Å². The van der Waals surface area contributed by atoms with Crippen molar-refractivity contribution in [1.82, 2.24) is 5.32 Å². The van der Waals surface area contributed by atoms with Gasteiger partial charge in [-0.05, 0) is 33.6 Å². The Balaban J connectivity index is -0.000000224. The maximum atomic E-state index is 11.3. The van der Waals surface area contributed by atoms with Gasteiger partial charge in [0, 0.05) is 38.8 Å². The molecule has 3 atom stereocenters. The molecular formula is C57H104NO27P. The topological polar surface area (TPSA) is 366 Å². The van der Waals surface area contributed by atoms with Gasteiger partial charge >= 0.3 is 73.6 Å². The number of hydrogen-bond donors (Lipinski definition) is 2. The van der Waals surface area contributed by atoms with Crippen LogP contribution in [0.4, 0.5) is 9.59 Å². The standard InChI is InChI=1S/C11H20O4.3C10H18O4.C8H16NO7P.C8H14O4/c1-7(2)9(5)11(13)15-6-14-10(12)8(3)4;1-7(2)8(11)13-6-14-9(12)10(3,4)5;1-6-12-10(11)14-9(5)13-8(4)7(2)3;1-4-9(11)13-6-5-7-14-10(12)8(2)3;1-6(2)7(10)14-4-9-8(11)15-5-16-17(3,12)13;1-4-7(9)11-5-12-8(10)6(2)3/h7-9H,6H2,1-5H3;7H,6H2,1-5H3;7,9H,4,6H2,1-3,5H3;8H,4-7H2,1-3H3;6H,4-5H2,1-3H3,(H,9,11)(H,12,13);6H,4-5H2,1-3H3/t9-;;;;;/m0...../s1. The second-order valence-corrected chi connectivity index (χ2v) is 22.9. The van der Waals surface area contributed by atoms with Crippen LogP contribution in [0.15, 0.2) is 12.3 Å². The lowest BCUT2D eigenvalue weighted by Crippen LogP contribution is -2.29. The number of ether oxygens (including phenoxy) is 13. The first-order valence-corrected chi connectivity index (χ1v) is 30.0. The molecule has 0 saturated heterocycles. The van der Waals surface area contributed by atoms with E-state index in [1.165, 1.54) is 0 Å². The molecule has 0 aromatic rings. The molecule has 0 aromatic carbocycles. The summed E-state index contributed by atoms with van der Waals surface area (Å²) in [5, 5.41) is 2.10. The van der Waals surface area contributed by atoms with Crippen LogP contribution < -0.4 is 5.32 Å². The van der Waals surface area contributed by atoms with Crippen molar-refractivity contribution in [2.75, 3.05) is 60.4 Å². The summed E-state index contributed by atoms with van der Waals surface area (Å²) in [4.78, 5) is 129. The van der Waals surface area contributed by atoms with Crippen molar-refractivity contribution in [3.8, 4) is 0 Å². The lowest BCUT2D eigenvalue weighted by atomic mass is 9.98. The van der Waals surface area contributed by atoms with E-state index in [4.69, 9.17) is 38.1 Å². The van der Waals surface area contributed by atoms with Crippen molar-refractivity contribution in [3.05, 3.63) is 12.3 Å². The van der Waals surface area contributed by atoms with E-state index >= 15 is 0 Å². The third kappa shape index (κ3) is 62.0. The Morgan fingerprint density at radius 2 is 0.860 bits per heavy atom. The van der Waals surface area contributed by atoms with Crippen LogP contribution in [0.2, 0.25) is 0 Å². The maximum Gasteiger partial charge on any atom is 0.511 e. The third-order valence-corrected chi connectivity index (χ3v) is 9.91. The predicted octanol–water partition coefficient (Wildman–Crippen LogP) is 9.69. The van der Waals surface area contributed by atoms with Gasteiger partial charge in [-0.25, -0.2) is 9.59 Å². The van der Waals surface area contributed by atoms with Gasteiger partial charge in [-0.15, -0.1) is 0 Å². The smallest absolute Gasteiger partial charge is 0.466 e. The Morgan fingerprint density at radius 1 is 0.477 bits per heavy atom. The zero-order valence-electron chi connectivity index (χ0n) is 55.2. The van der Waals surface area contributed by atoms with Crippen LogP contribution in [-0.4, -0.2) is 138 Å². The molecule has 0 aromatic heterocycles. The fourth-order valence-corrected chi connectivity index (χ4v) is 3.82. The van der Waals surface area contributed by atoms with E-state index < -0.39 is 44.3 Å². The number of allylic oxidation sites excluding steroid dienone is 1. The highest BCUT2D eigenvalue weighted by molar-refractivity contribution is 7.51. The van der Waals surface area contributed by atoms with Crippen LogP contribution in [-0.2, 0) is 114 Å². The van der Waals surface area contributed by atoms with E-state index in [1.54, 1.807) is 125 Å². The number of alkyl carbamates (subject to hydrolysis) is 1. The molecule has 1 amide bonds. The van der Waals surface area contributed by atoms with Crippen molar-refractivity contribution in [1.29, 1.82) is 0 Å². The van der Waals surface area contributed by atoms with Crippen molar-refractivity contribution < 1.29 is 128 Å². The van der Waals surface area contributed by atoms with Crippen LogP contribution in [0.1, 0.15) is 172 Å². The molecule has 0 spiro atoms. The lowest BCUT2D eigenvalue weighted by molar-refractivity contribution is -0.175. The number of rotatable bonds is 29. The van der Waals surface area contributed by atoms with Gasteiger partial charge in [-0.2, -0.15) is 0 Å². The zero-order chi connectivity index (χ0) is 68.5. The summed E-state index contributed by atoms with van der Waals surface area (Å²) in [6.07, 6.45) is -1.08. The lowest BCUT2D eigenvalue weighted by Gasteiger charge is -2.18. The molecule has 0 aliphatic heterocycles. The molecule has 2 N–H and O–H groups in total. The first kappa shape index (κ1) is 90.6. The Morgan fingerprint density at radius 3 is 1.24 bits per heavy atom. The van der Waals surface area contributed by atoms with Gasteiger partial charge in [0.05, 0.1) is 66.5 Å². The van der Waals surface area contributed by atoms with Crippen LogP contribution >= 0.6 is 7.60 Å². The molecule has 0 bridgehead atoms. The monoisotopic (exact) mass is 1270 g/mol. The Hall–Kier alpha value is -6.54. The fraction of sp³-hybridized carbons (Fsp3) is 0.772. The Kier molecular flexibility index (Phi) is 55.6. The fourth-order valence-electron chi connectivity index (χ4n) is 3.57. The quantitative estimate of drug-likeness (QED) is 0.0176. The number of carbonyl (C=O) groups excluding carboxylic acids is 11. The summed E-state index contributed by atoms with van der Waals surface area (Å²) in [7, 11) is -3.67. The SMILES string of the molecule is C=C(OC(C)OC(=O)OCC)C(C)C.CC(C)C(=O)OCNC(=O)OCOP(C)(=O)O.CC(C)C(=O)OCOC(=O)C(C)(C)C.CC(C)C(=O)OCOC(=O)[C@@H](C)C(C)C.CCC(=O)OCCCOC(=O)C(C)C.CCC(=O)OCOC(=O)C(C)C. The first-order chi connectivity index (χ1) is 39.4. The van der Waals surface area contributed by atoms with Gasteiger partial charge in [0.25, 0.3) is 0 Å². The second-order valence-electron chi connectivity index (χ2n) is 21.0. The number of carbonyl (C=O) groups is 11. The van der Waals surface area contributed by atoms with Crippen molar-refractivity contribution in [2.45, 2.75) is 178 Å². The van der Waals surface area contributed by atoms with E-state index in [2.05, 4.69) is 44.8 Å².